The van der Waals surface area contributed by atoms with Gasteiger partial charge in [-0.1, -0.05) is 0 Å². The van der Waals surface area contributed by atoms with E-state index in [2.05, 4.69) is 48.1 Å². The Morgan fingerprint density at radius 1 is 1.47 bits per heavy atom. The van der Waals surface area contributed by atoms with E-state index in [0.29, 0.717) is 6.04 Å². The highest BCUT2D eigenvalue weighted by molar-refractivity contribution is 9.13. The summed E-state index contributed by atoms with van der Waals surface area (Å²) in [6.45, 7) is 2.82. The fourth-order valence-electron chi connectivity index (χ4n) is 2.80. The minimum atomic E-state index is 0.247. The van der Waals surface area contributed by atoms with Crippen molar-refractivity contribution >= 4 is 43.2 Å². The van der Waals surface area contributed by atoms with Crippen molar-refractivity contribution in [1.29, 1.82) is 0 Å². The molecule has 2 unspecified atom stereocenters. The molecule has 0 amide bonds. The Bertz CT molecular complexity index is 428. The van der Waals surface area contributed by atoms with Crippen LogP contribution in [0.5, 0.6) is 0 Å². The molecule has 3 nitrogen and oxygen atoms in total. The van der Waals surface area contributed by atoms with Crippen LogP contribution in [0.4, 0.5) is 0 Å². The summed E-state index contributed by atoms with van der Waals surface area (Å²) in [5, 5.41) is 3.27. The van der Waals surface area contributed by atoms with E-state index in [0.717, 1.165) is 30.2 Å². The van der Waals surface area contributed by atoms with Crippen molar-refractivity contribution < 1.29 is 4.74 Å². The molecule has 1 saturated carbocycles. The fourth-order valence-corrected chi connectivity index (χ4v) is 5.06. The second-order valence-electron chi connectivity index (χ2n) is 5.15. The summed E-state index contributed by atoms with van der Waals surface area (Å²) in [5.41, 5.74) is 0. The number of thiophene rings is 1. The van der Waals surface area contributed by atoms with Gasteiger partial charge in [-0.05, 0) is 57.8 Å². The van der Waals surface area contributed by atoms with Crippen LogP contribution < -0.4 is 5.32 Å². The van der Waals surface area contributed by atoms with Crippen molar-refractivity contribution in [1.82, 2.24) is 10.2 Å². The number of nitrogens with zero attached hydrogens (tertiary/aromatic N) is 1. The maximum Gasteiger partial charge on any atom is 0.0904 e. The Kier molecular flexibility index (Phi) is 4.66. The van der Waals surface area contributed by atoms with E-state index >= 15 is 0 Å². The van der Waals surface area contributed by atoms with Gasteiger partial charge in [-0.2, -0.15) is 0 Å². The first-order valence-corrected chi connectivity index (χ1v) is 9.07. The summed E-state index contributed by atoms with van der Waals surface area (Å²) in [5.74, 6) is 0. The average Bonchev–Trinajstić information content (AvgIpc) is 3.17. The molecule has 0 radical (unpaired) electrons. The Balaban J connectivity index is 1.89. The van der Waals surface area contributed by atoms with Crippen molar-refractivity contribution in [3.63, 3.8) is 0 Å². The molecule has 0 aromatic carbocycles. The fraction of sp³-hybridized carbons (Fsp3) is 0.692. The summed E-state index contributed by atoms with van der Waals surface area (Å²) in [6, 6.07) is 3.40. The molecule has 1 aliphatic heterocycles. The smallest absolute Gasteiger partial charge is 0.0904 e. The molecule has 0 bridgehead atoms. The monoisotopic (exact) mass is 408 g/mol. The molecule has 19 heavy (non-hydrogen) atoms. The highest BCUT2D eigenvalue weighted by atomic mass is 79.9. The number of rotatable bonds is 4. The van der Waals surface area contributed by atoms with E-state index in [-0.39, 0.29) is 6.10 Å². The number of halogens is 2. The molecule has 1 aliphatic carbocycles. The number of likely N-dealkylation sites (N-methyl/N-ethyl adjacent to an activating group) is 1. The third-order valence-corrected chi connectivity index (χ3v) is 7.09. The maximum absolute atomic E-state index is 6.01. The molecule has 2 fully saturated rings. The van der Waals surface area contributed by atoms with Gasteiger partial charge in [0.1, 0.15) is 0 Å². The van der Waals surface area contributed by atoms with E-state index in [1.165, 1.54) is 21.5 Å². The van der Waals surface area contributed by atoms with Gasteiger partial charge in [0.05, 0.1) is 22.5 Å². The lowest BCUT2D eigenvalue weighted by Gasteiger charge is -2.41. The molecule has 1 aromatic heterocycles. The third-order valence-electron chi connectivity index (χ3n) is 3.77. The lowest BCUT2D eigenvalue weighted by molar-refractivity contribution is -0.0728. The van der Waals surface area contributed by atoms with Crippen LogP contribution in [0, 0.1) is 0 Å². The molecular formula is C13H18Br2N2OS. The SMILES string of the molecule is CNCC1OCCN(C2CC2)C1c1cc(Br)c(Br)s1. The Hall–Kier alpha value is 0.540. The standard InChI is InChI=1S/C13H18Br2N2OS/c1-16-7-10-12(11-6-9(14)13(15)19-11)17(4-5-18-10)8-2-3-8/h6,8,10,12,16H,2-5,7H2,1H3. The van der Waals surface area contributed by atoms with Gasteiger partial charge >= 0.3 is 0 Å². The van der Waals surface area contributed by atoms with Crippen LogP contribution in [-0.2, 0) is 4.74 Å². The zero-order valence-corrected chi connectivity index (χ0v) is 14.9. The van der Waals surface area contributed by atoms with Crippen LogP contribution >= 0.6 is 43.2 Å². The van der Waals surface area contributed by atoms with E-state index in [9.17, 15) is 0 Å². The molecule has 1 N–H and O–H groups in total. The third kappa shape index (κ3) is 3.09. The van der Waals surface area contributed by atoms with Crippen LogP contribution in [0.25, 0.3) is 0 Å². The van der Waals surface area contributed by atoms with Gasteiger partial charge in [0.15, 0.2) is 0 Å². The molecule has 1 aromatic rings. The normalized spacial score (nSPS) is 28.8. The highest BCUT2D eigenvalue weighted by Gasteiger charge is 2.41. The quantitative estimate of drug-likeness (QED) is 0.824. The van der Waals surface area contributed by atoms with E-state index < -0.39 is 0 Å². The number of morpholine rings is 1. The van der Waals surface area contributed by atoms with Gasteiger partial charge in [-0.3, -0.25) is 4.90 Å². The molecule has 2 aliphatic rings. The first-order valence-electron chi connectivity index (χ1n) is 6.67. The second-order valence-corrected chi connectivity index (χ2v) is 8.41. The minimum Gasteiger partial charge on any atom is -0.374 e. The number of hydrogen-bond donors (Lipinski definition) is 1. The first-order chi connectivity index (χ1) is 9.20. The summed E-state index contributed by atoms with van der Waals surface area (Å²) in [4.78, 5) is 4.04. The summed E-state index contributed by atoms with van der Waals surface area (Å²) >= 11 is 9.03. The minimum absolute atomic E-state index is 0.247. The molecule has 106 valence electrons. The summed E-state index contributed by atoms with van der Waals surface area (Å²) < 4.78 is 8.34. The van der Waals surface area contributed by atoms with Crippen molar-refractivity contribution in [3.05, 3.63) is 19.2 Å². The number of hydrogen-bond acceptors (Lipinski definition) is 4. The number of ether oxygens (including phenoxy) is 1. The van der Waals surface area contributed by atoms with Crippen molar-refractivity contribution in [3.8, 4) is 0 Å². The van der Waals surface area contributed by atoms with Gasteiger partial charge in [-0.25, -0.2) is 0 Å². The van der Waals surface area contributed by atoms with E-state index in [1.54, 1.807) is 0 Å². The molecular weight excluding hydrogens is 392 g/mol. The van der Waals surface area contributed by atoms with Crippen LogP contribution in [0.2, 0.25) is 0 Å². The topological polar surface area (TPSA) is 24.5 Å². The van der Waals surface area contributed by atoms with Crippen molar-refractivity contribution in [2.24, 2.45) is 0 Å². The Labute approximate surface area is 135 Å². The highest BCUT2D eigenvalue weighted by Crippen LogP contribution is 2.44. The summed E-state index contributed by atoms with van der Waals surface area (Å²) in [6.07, 6.45) is 2.93. The molecule has 6 heteroatoms. The van der Waals surface area contributed by atoms with Crippen LogP contribution in [0.3, 0.4) is 0 Å². The van der Waals surface area contributed by atoms with Crippen LogP contribution in [-0.4, -0.2) is 43.8 Å². The molecule has 3 rings (SSSR count). The average molecular weight is 410 g/mol. The molecule has 2 atom stereocenters. The predicted octanol–water partition coefficient (Wildman–Crippen LogP) is 3.40. The largest absolute Gasteiger partial charge is 0.374 e. The maximum atomic E-state index is 6.01. The van der Waals surface area contributed by atoms with Gasteiger partial charge in [0.2, 0.25) is 0 Å². The Morgan fingerprint density at radius 3 is 2.84 bits per heavy atom. The molecule has 1 saturated heterocycles. The predicted molar refractivity (Wildman–Crippen MR) is 85.9 cm³/mol. The van der Waals surface area contributed by atoms with Gasteiger partial charge < -0.3 is 10.1 Å². The van der Waals surface area contributed by atoms with E-state index in [1.807, 2.05) is 18.4 Å². The number of nitrogens with one attached hydrogen (secondary N) is 1. The van der Waals surface area contributed by atoms with Gasteiger partial charge in [-0.15, -0.1) is 11.3 Å². The van der Waals surface area contributed by atoms with Crippen LogP contribution in [0.1, 0.15) is 23.8 Å². The van der Waals surface area contributed by atoms with Crippen LogP contribution in [0.15, 0.2) is 14.3 Å². The first kappa shape index (κ1) is 14.5. The lowest BCUT2D eigenvalue weighted by atomic mass is 10.0. The summed E-state index contributed by atoms with van der Waals surface area (Å²) in [7, 11) is 2.00. The van der Waals surface area contributed by atoms with E-state index in [4.69, 9.17) is 4.74 Å². The molecule has 0 spiro atoms. The zero-order chi connectivity index (χ0) is 13.4. The van der Waals surface area contributed by atoms with Gasteiger partial charge in [0.25, 0.3) is 0 Å². The van der Waals surface area contributed by atoms with Crippen molar-refractivity contribution in [2.45, 2.75) is 31.0 Å². The second kappa shape index (κ2) is 6.12. The van der Waals surface area contributed by atoms with Gasteiger partial charge in [0, 0.05) is 28.5 Å². The molecule has 2 heterocycles. The lowest BCUT2D eigenvalue weighted by Crippen LogP contribution is -2.49. The Morgan fingerprint density at radius 2 is 2.26 bits per heavy atom. The van der Waals surface area contributed by atoms with Crippen molar-refractivity contribution in [2.75, 3.05) is 26.7 Å². The zero-order valence-electron chi connectivity index (χ0n) is 10.9.